The molecular weight excluding hydrogens is 486 g/mol. The summed E-state index contributed by atoms with van der Waals surface area (Å²) in [5, 5.41) is 16.2. The van der Waals surface area contributed by atoms with Gasteiger partial charge in [-0.2, -0.15) is 0 Å². The quantitative estimate of drug-likeness (QED) is 0.512. The number of carbonyl (C=O) groups excluding carboxylic acids is 1. The van der Waals surface area contributed by atoms with Gasteiger partial charge in [0, 0.05) is 35.0 Å². The van der Waals surface area contributed by atoms with Crippen molar-refractivity contribution in [2.24, 2.45) is 0 Å². The second kappa shape index (κ2) is 10.3. The molecule has 0 aliphatic heterocycles. The number of aliphatic hydroxyl groups excluding tert-OH is 1. The first-order valence-electron chi connectivity index (χ1n) is 8.29. The molecule has 8 heteroatoms. The first-order chi connectivity index (χ1) is 12.7. The van der Waals surface area contributed by atoms with Gasteiger partial charge >= 0.3 is 0 Å². The number of benzene rings is 2. The minimum absolute atomic E-state index is 0.111. The number of rotatable bonds is 8. The zero-order valence-electron chi connectivity index (χ0n) is 14.6. The molecule has 0 heterocycles. The maximum atomic E-state index is 13.4. The summed E-state index contributed by atoms with van der Waals surface area (Å²) >= 11 is 6.83. The molecule has 0 radical (unpaired) electrons. The Morgan fingerprint density at radius 2 is 1.63 bits per heavy atom. The van der Waals surface area contributed by atoms with Crippen LogP contribution in [0.4, 0.5) is 8.78 Å². The second-order valence-electron chi connectivity index (χ2n) is 6.26. The third-order valence-corrected chi connectivity index (χ3v) is 4.75. The van der Waals surface area contributed by atoms with E-state index >= 15 is 0 Å². The minimum atomic E-state index is -0.934. The summed E-state index contributed by atoms with van der Waals surface area (Å²) in [6.45, 7) is 2.04. The highest BCUT2D eigenvalue weighted by Gasteiger charge is 2.21. The van der Waals surface area contributed by atoms with Crippen LogP contribution in [0.25, 0.3) is 0 Å². The van der Waals surface area contributed by atoms with Gasteiger partial charge in [0.2, 0.25) is 5.91 Å². The molecule has 2 aromatic carbocycles. The van der Waals surface area contributed by atoms with E-state index in [2.05, 4.69) is 42.5 Å². The Kier molecular flexibility index (Phi) is 8.34. The number of carbonyl (C=O) groups is 1. The number of nitrogens with one attached hydrogen (secondary N) is 2. The zero-order chi connectivity index (χ0) is 20.0. The van der Waals surface area contributed by atoms with Crippen LogP contribution >= 0.6 is 31.9 Å². The molecule has 2 atom stereocenters. The van der Waals surface area contributed by atoms with Crippen molar-refractivity contribution >= 4 is 37.8 Å². The van der Waals surface area contributed by atoms with Crippen molar-refractivity contribution in [3.05, 3.63) is 68.1 Å². The monoisotopic (exact) mass is 504 g/mol. The summed E-state index contributed by atoms with van der Waals surface area (Å²) < 4.78 is 28.6. The highest BCUT2D eigenvalue weighted by molar-refractivity contribution is 9.11. The van der Waals surface area contributed by atoms with Crippen molar-refractivity contribution in [2.75, 3.05) is 6.54 Å². The lowest BCUT2D eigenvalue weighted by Crippen LogP contribution is -2.48. The van der Waals surface area contributed by atoms with E-state index in [1.807, 2.05) is 18.2 Å². The molecule has 1 amide bonds. The van der Waals surface area contributed by atoms with Crippen LogP contribution in [0.5, 0.6) is 0 Å². The van der Waals surface area contributed by atoms with Crippen LogP contribution in [0.3, 0.4) is 0 Å². The van der Waals surface area contributed by atoms with E-state index in [1.165, 1.54) is 19.1 Å². The lowest BCUT2D eigenvalue weighted by Gasteiger charge is -2.24. The number of hydrogen-bond acceptors (Lipinski definition) is 3. The van der Waals surface area contributed by atoms with Gasteiger partial charge in [-0.25, -0.2) is 8.78 Å². The van der Waals surface area contributed by atoms with E-state index in [4.69, 9.17) is 0 Å². The first-order valence-corrected chi connectivity index (χ1v) is 9.87. The van der Waals surface area contributed by atoms with Crippen molar-refractivity contribution in [3.63, 3.8) is 0 Å². The number of aliphatic hydroxyl groups is 1. The van der Waals surface area contributed by atoms with Crippen molar-refractivity contribution < 1.29 is 18.7 Å². The lowest BCUT2D eigenvalue weighted by atomic mass is 10.0. The molecule has 0 bridgehead atoms. The van der Waals surface area contributed by atoms with E-state index in [9.17, 15) is 18.7 Å². The van der Waals surface area contributed by atoms with E-state index in [1.54, 1.807) is 0 Å². The fraction of sp³-hybridized carbons (Fsp3) is 0.316. The molecule has 0 saturated carbocycles. The third kappa shape index (κ3) is 7.65. The SMILES string of the molecule is CC(=O)NC(Cc1cc(F)cc(F)c1)C(O)CNCc1cc(Br)cc(Br)c1. The highest BCUT2D eigenvalue weighted by Crippen LogP contribution is 2.20. The van der Waals surface area contributed by atoms with Crippen LogP contribution < -0.4 is 10.6 Å². The van der Waals surface area contributed by atoms with Crippen LogP contribution in [0, 0.1) is 11.6 Å². The number of halogens is 4. The summed E-state index contributed by atoms with van der Waals surface area (Å²) in [4.78, 5) is 11.5. The molecule has 0 aliphatic rings. The molecule has 0 aromatic heterocycles. The molecule has 0 saturated heterocycles. The second-order valence-corrected chi connectivity index (χ2v) is 8.10. The molecule has 27 heavy (non-hydrogen) atoms. The molecule has 0 aliphatic carbocycles. The molecular formula is C19H20Br2F2N2O2. The van der Waals surface area contributed by atoms with E-state index in [0.717, 1.165) is 20.6 Å². The minimum Gasteiger partial charge on any atom is -0.390 e. The Morgan fingerprint density at radius 3 is 2.19 bits per heavy atom. The molecule has 3 N–H and O–H groups in total. The zero-order valence-corrected chi connectivity index (χ0v) is 17.8. The molecule has 4 nitrogen and oxygen atoms in total. The Hall–Kier alpha value is -1.35. The van der Waals surface area contributed by atoms with Gasteiger partial charge in [0.15, 0.2) is 0 Å². The van der Waals surface area contributed by atoms with Crippen LogP contribution in [-0.2, 0) is 17.8 Å². The van der Waals surface area contributed by atoms with Gasteiger partial charge in [0.05, 0.1) is 12.1 Å². The summed E-state index contributed by atoms with van der Waals surface area (Å²) in [6, 6.07) is 8.31. The molecule has 2 unspecified atom stereocenters. The predicted octanol–water partition coefficient (Wildman–Crippen LogP) is 3.69. The van der Waals surface area contributed by atoms with Crippen LogP contribution in [-0.4, -0.2) is 29.7 Å². The van der Waals surface area contributed by atoms with Crippen LogP contribution in [0.15, 0.2) is 45.3 Å². The van der Waals surface area contributed by atoms with Crippen LogP contribution in [0.2, 0.25) is 0 Å². The van der Waals surface area contributed by atoms with Crippen molar-refractivity contribution in [1.29, 1.82) is 0 Å². The maximum absolute atomic E-state index is 13.4. The normalized spacial score (nSPS) is 13.3. The topological polar surface area (TPSA) is 61.4 Å². The summed E-state index contributed by atoms with van der Waals surface area (Å²) in [5.41, 5.74) is 1.37. The van der Waals surface area contributed by atoms with Gasteiger partial charge in [0.1, 0.15) is 11.6 Å². The standard InChI is InChI=1S/C19H20Br2F2N2O2/c1-11(26)25-18(6-12-4-16(22)8-17(23)5-12)19(27)10-24-9-13-2-14(20)7-15(21)3-13/h2-5,7-8,18-19,24,27H,6,9-10H2,1H3,(H,25,26). The highest BCUT2D eigenvalue weighted by atomic mass is 79.9. The van der Waals surface area contributed by atoms with Gasteiger partial charge < -0.3 is 15.7 Å². The van der Waals surface area contributed by atoms with E-state index < -0.39 is 23.8 Å². The Bertz CT molecular complexity index is 765. The van der Waals surface area contributed by atoms with Crippen molar-refractivity contribution in [2.45, 2.75) is 32.0 Å². The Morgan fingerprint density at radius 1 is 1.04 bits per heavy atom. The molecule has 0 fully saturated rings. The average Bonchev–Trinajstić information content (AvgIpc) is 2.51. The van der Waals surface area contributed by atoms with Crippen LogP contribution in [0.1, 0.15) is 18.1 Å². The predicted molar refractivity (Wildman–Crippen MR) is 107 cm³/mol. The number of hydrogen-bond donors (Lipinski definition) is 3. The van der Waals surface area contributed by atoms with Crippen molar-refractivity contribution in [1.82, 2.24) is 10.6 Å². The smallest absolute Gasteiger partial charge is 0.217 e. The molecule has 2 aromatic rings. The molecule has 146 valence electrons. The summed E-state index contributed by atoms with van der Waals surface area (Å²) in [6.07, 6.45) is -0.824. The van der Waals surface area contributed by atoms with E-state index in [0.29, 0.717) is 12.1 Å². The van der Waals surface area contributed by atoms with Gasteiger partial charge in [-0.1, -0.05) is 31.9 Å². The Labute approximate surface area is 173 Å². The fourth-order valence-corrected chi connectivity index (χ4v) is 4.14. The maximum Gasteiger partial charge on any atom is 0.217 e. The average molecular weight is 506 g/mol. The Balaban J connectivity index is 1.99. The van der Waals surface area contributed by atoms with Gasteiger partial charge in [-0.3, -0.25) is 4.79 Å². The summed E-state index contributed by atoms with van der Waals surface area (Å²) in [5.74, 6) is -1.72. The molecule has 0 spiro atoms. The largest absolute Gasteiger partial charge is 0.390 e. The molecule has 2 rings (SSSR count). The van der Waals surface area contributed by atoms with Crippen molar-refractivity contribution in [3.8, 4) is 0 Å². The van der Waals surface area contributed by atoms with Gasteiger partial charge in [-0.15, -0.1) is 0 Å². The fourth-order valence-electron chi connectivity index (χ4n) is 2.75. The summed E-state index contributed by atoms with van der Waals surface area (Å²) in [7, 11) is 0. The van der Waals surface area contributed by atoms with Gasteiger partial charge in [0.25, 0.3) is 0 Å². The lowest BCUT2D eigenvalue weighted by molar-refractivity contribution is -0.120. The first kappa shape index (κ1) is 21.9. The van der Waals surface area contributed by atoms with E-state index in [-0.39, 0.29) is 18.9 Å². The van der Waals surface area contributed by atoms with Gasteiger partial charge in [-0.05, 0) is 47.9 Å². The third-order valence-electron chi connectivity index (χ3n) is 3.84. The number of amides is 1.